The first kappa shape index (κ1) is 13.8. The lowest BCUT2D eigenvalue weighted by Gasteiger charge is -2.12. The number of aromatic nitrogens is 2. The molecule has 0 radical (unpaired) electrons. The molecule has 1 aromatic heterocycles. The van der Waals surface area contributed by atoms with E-state index >= 15 is 0 Å². The molecule has 0 fully saturated rings. The maximum Gasteiger partial charge on any atom is 0.0914 e. The Balaban J connectivity index is 1.85. The van der Waals surface area contributed by atoms with Gasteiger partial charge in [0.1, 0.15) is 0 Å². The average Bonchev–Trinajstić information content (AvgIpc) is 2.68. The highest BCUT2D eigenvalue weighted by Gasteiger charge is 2.08. The summed E-state index contributed by atoms with van der Waals surface area (Å²) in [5, 5.41) is 17.7. The van der Waals surface area contributed by atoms with E-state index in [0.29, 0.717) is 13.1 Å². The number of aliphatic hydroxyl groups excluding tert-OH is 1. The van der Waals surface area contributed by atoms with Crippen molar-refractivity contribution in [3.63, 3.8) is 0 Å². The zero-order valence-corrected chi connectivity index (χ0v) is 11.7. The Morgan fingerprint density at radius 2 is 1.95 bits per heavy atom. The van der Waals surface area contributed by atoms with Crippen molar-refractivity contribution in [3.8, 4) is 0 Å². The lowest BCUT2D eigenvalue weighted by Crippen LogP contribution is -2.21. The van der Waals surface area contributed by atoms with E-state index in [1.807, 2.05) is 56.0 Å². The van der Waals surface area contributed by atoms with E-state index < -0.39 is 6.10 Å². The standard InChI is InChI=1S/C15H21N3O/c1-11-4-6-13(7-5-11)15(19)9-16-8-14-12(2)10-18(3)17-14/h4-7,10,15-16,19H,8-9H2,1-3H3/t15-/m0/s1. The van der Waals surface area contributed by atoms with Crippen molar-refractivity contribution in [1.82, 2.24) is 15.1 Å². The number of nitrogens with zero attached hydrogens (tertiary/aromatic N) is 2. The second-order valence-corrected chi connectivity index (χ2v) is 4.99. The predicted octanol–water partition coefficient (Wildman–Crippen LogP) is 1.86. The van der Waals surface area contributed by atoms with Gasteiger partial charge in [-0.3, -0.25) is 4.68 Å². The maximum atomic E-state index is 10.1. The molecule has 2 rings (SSSR count). The molecule has 0 aliphatic carbocycles. The molecule has 0 amide bonds. The Labute approximate surface area is 114 Å². The molecule has 0 aliphatic rings. The van der Waals surface area contributed by atoms with E-state index in [1.54, 1.807) is 0 Å². The van der Waals surface area contributed by atoms with E-state index in [-0.39, 0.29) is 0 Å². The Morgan fingerprint density at radius 3 is 2.53 bits per heavy atom. The van der Waals surface area contributed by atoms with Crippen molar-refractivity contribution < 1.29 is 5.11 Å². The summed E-state index contributed by atoms with van der Waals surface area (Å²) in [5.74, 6) is 0. The Hall–Kier alpha value is -1.65. The summed E-state index contributed by atoms with van der Waals surface area (Å²) in [5.41, 5.74) is 4.34. The van der Waals surface area contributed by atoms with Crippen molar-refractivity contribution in [1.29, 1.82) is 0 Å². The van der Waals surface area contributed by atoms with Crippen molar-refractivity contribution in [2.75, 3.05) is 6.54 Å². The monoisotopic (exact) mass is 259 g/mol. The minimum atomic E-state index is -0.482. The smallest absolute Gasteiger partial charge is 0.0914 e. The van der Waals surface area contributed by atoms with Gasteiger partial charge in [-0.05, 0) is 25.0 Å². The van der Waals surface area contributed by atoms with Crippen LogP contribution in [0.15, 0.2) is 30.5 Å². The van der Waals surface area contributed by atoms with Crippen molar-refractivity contribution in [3.05, 3.63) is 52.8 Å². The third-order valence-corrected chi connectivity index (χ3v) is 3.21. The van der Waals surface area contributed by atoms with Crippen LogP contribution in [-0.4, -0.2) is 21.4 Å². The molecule has 102 valence electrons. The number of aryl methyl sites for hydroxylation is 3. The topological polar surface area (TPSA) is 50.1 Å². The van der Waals surface area contributed by atoms with Crippen LogP contribution >= 0.6 is 0 Å². The summed E-state index contributed by atoms with van der Waals surface area (Å²) in [6.45, 7) is 5.29. The fraction of sp³-hybridized carbons (Fsp3) is 0.400. The van der Waals surface area contributed by atoms with Crippen LogP contribution in [0.2, 0.25) is 0 Å². The number of benzene rings is 1. The average molecular weight is 259 g/mol. The van der Waals surface area contributed by atoms with Crippen LogP contribution < -0.4 is 5.32 Å². The first-order valence-electron chi connectivity index (χ1n) is 6.50. The van der Waals surface area contributed by atoms with Gasteiger partial charge >= 0.3 is 0 Å². The highest BCUT2D eigenvalue weighted by atomic mass is 16.3. The van der Waals surface area contributed by atoms with Gasteiger partial charge in [-0.1, -0.05) is 29.8 Å². The molecule has 1 aromatic carbocycles. The minimum absolute atomic E-state index is 0.482. The molecule has 19 heavy (non-hydrogen) atoms. The first-order chi connectivity index (χ1) is 9.06. The van der Waals surface area contributed by atoms with Crippen LogP contribution in [0.5, 0.6) is 0 Å². The van der Waals surface area contributed by atoms with Gasteiger partial charge in [0.05, 0.1) is 11.8 Å². The normalized spacial score (nSPS) is 12.6. The quantitative estimate of drug-likeness (QED) is 0.861. The molecular weight excluding hydrogens is 238 g/mol. The van der Waals surface area contributed by atoms with Gasteiger partial charge in [0, 0.05) is 26.3 Å². The van der Waals surface area contributed by atoms with Crippen LogP contribution in [0.3, 0.4) is 0 Å². The second-order valence-electron chi connectivity index (χ2n) is 4.99. The zero-order valence-electron chi connectivity index (χ0n) is 11.7. The molecule has 0 saturated heterocycles. The molecule has 4 heteroatoms. The summed E-state index contributed by atoms with van der Waals surface area (Å²) < 4.78 is 1.81. The molecule has 2 N–H and O–H groups in total. The third-order valence-electron chi connectivity index (χ3n) is 3.21. The zero-order chi connectivity index (χ0) is 13.8. The van der Waals surface area contributed by atoms with Crippen LogP contribution in [0.1, 0.15) is 28.5 Å². The lowest BCUT2D eigenvalue weighted by atomic mass is 10.1. The lowest BCUT2D eigenvalue weighted by molar-refractivity contribution is 0.174. The largest absolute Gasteiger partial charge is 0.387 e. The summed E-state index contributed by atoms with van der Waals surface area (Å²) in [6.07, 6.45) is 1.51. The number of aliphatic hydroxyl groups is 1. The number of nitrogens with one attached hydrogen (secondary N) is 1. The highest BCUT2D eigenvalue weighted by Crippen LogP contribution is 2.13. The molecule has 1 atom stereocenters. The first-order valence-corrected chi connectivity index (χ1v) is 6.50. The predicted molar refractivity (Wildman–Crippen MR) is 75.8 cm³/mol. The van der Waals surface area contributed by atoms with Gasteiger partial charge in [-0.25, -0.2) is 0 Å². The van der Waals surface area contributed by atoms with Gasteiger partial charge in [0.25, 0.3) is 0 Å². The van der Waals surface area contributed by atoms with Crippen molar-refractivity contribution in [2.24, 2.45) is 7.05 Å². The molecule has 1 heterocycles. The van der Waals surface area contributed by atoms with Crippen LogP contribution in [-0.2, 0) is 13.6 Å². The van der Waals surface area contributed by atoms with Crippen LogP contribution in [0.4, 0.5) is 0 Å². The fourth-order valence-corrected chi connectivity index (χ4v) is 2.06. The number of hydrogen-bond donors (Lipinski definition) is 2. The SMILES string of the molecule is Cc1ccc([C@@H](O)CNCc2nn(C)cc2C)cc1. The minimum Gasteiger partial charge on any atom is -0.387 e. The van der Waals surface area contributed by atoms with Crippen LogP contribution in [0, 0.1) is 13.8 Å². The van der Waals surface area contributed by atoms with E-state index in [1.165, 1.54) is 11.1 Å². The Kier molecular flexibility index (Phi) is 4.35. The number of rotatable bonds is 5. The van der Waals surface area contributed by atoms with Crippen molar-refractivity contribution >= 4 is 0 Å². The van der Waals surface area contributed by atoms with Gasteiger partial charge in [0.15, 0.2) is 0 Å². The van der Waals surface area contributed by atoms with Gasteiger partial charge in [0.2, 0.25) is 0 Å². The molecular formula is C15H21N3O. The van der Waals surface area contributed by atoms with E-state index in [2.05, 4.69) is 10.4 Å². The molecule has 0 aliphatic heterocycles. The van der Waals surface area contributed by atoms with Crippen LogP contribution in [0.25, 0.3) is 0 Å². The Morgan fingerprint density at radius 1 is 1.26 bits per heavy atom. The molecule has 2 aromatic rings. The van der Waals surface area contributed by atoms with Gasteiger partial charge in [-0.15, -0.1) is 0 Å². The molecule has 0 bridgehead atoms. The van der Waals surface area contributed by atoms with Crippen molar-refractivity contribution in [2.45, 2.75) is 26.5 Å². The maximum absolute atomic E-state index is 10.1. The highest BCUT2D eigenvalue weighted by molar-refractivity contribution is 5.23. The van der Waals surface area contributed by atoms with E-state index in [4.69, 9.17) is 0 Å². The summed E-state index contributed by atoms with van der Waals surface area (Å²) in [7, 11) is 1.91. The second kappa shape index (κ2) is 5.99. The summed E-state index contributed by atoms with van der Waals surface area (Å²) >= 11 is 0. The molecule has 0 saturated carbocycles. The van der Waals surface area contributed by atoms with Gasteiger partial charge < -0.3 is 10.4 Å². The fourth-order valence-electron chi connectivity index (χ4n) is 2.06. The third kappa shape index (κ3) is 3.66. The molecule has 0 unspecified atom stereocenters. The van der Waals surface area contributed by atoms with E-state index in [0.717, 1.165) is 11.3 Å². The van der Waals surface area contributed by atoms with Gasteiger partial charge in [-0.2, -0.15) is 5.10 Å². The molecule has 4 nitrogen and oxygen atoms in total. The summed E-state index contributed by atoms with van der Waals surface area (Å²) in [6, 6.07) is 7.96. The van der Waals surface area contributed by atoms with E-state index in [9.17, 15) is 5.11 Å². The summed E-state index contributed by atoms with van der Waals surface area (Å²) in [4.78, 5) is 0. The Bertz CT molecular complexity index is 531. The molecule has 0 spiro atoms. The number of hydrogen-bond acceptors (Lipinski definition) is 3.